The number of rotatable bonds is 4. The number of nitrogens with one attached hydrogen (secondary N) is 1. The fourth-order valence-electron chi connectivity index (χ4n) is 1.56. The number of hydrogen-bond donors (Lipinski definition) is 2. The average Bonchev–Trinajstić information content (AvgIpc) is 2.39. The fraction of sp³-hybridized carbons (Fsp3) is 0.154. The van der Waals surface area contributed by atoms with Crippen LogP contribution in [0.25, 0.3) is 0 Å². The molecule has 2 rings (SSSR count). The highest BCUT2D eigenvalue weighted by atomic mass is 35.5. The molecular formula is C13H14ClN3O. The third kappa shape index (κ3) is 2.84. The number of ether oxygens (including phenoxy) is 1. The fourth-order valence-corrected chi connectivity index (χ4v) is 1.79. The molecule has 0 atom stereocenters. The molecule has 0 aliphatic rings. The van der Waals surface area contributed by atoms with E-state index in [4.69, 9.17) is 22.1 Å². The lowest BCUT2D eigenvalue weighted by Crippen LogP contribution is -2.03. The lowest BCUT2D eigenvalue weighted by molar-refractivity contribution is 0.414. The number of hydrogen-bond acceptors (Lipinski definition) is 4. The van der Waals surface area contributed by atoms with E-state index in [-0.39, 0.29) is 0 Å². The van der Waals surface area contributed by atoms with Crippen molar-refractivity contribution in [2.24, 2.45) is 0 Å². The third-order valence-electron chi connectivity index (χ3n) is 2.57. The second-order valence-electron chi connectivity index (χ2n) is 3.77. The summed E-state index contributed by atoms with van der Waals surface area (Å²) in [5, 5.41) is 3.55. The highest BCUT2D eigenvalue weighted by molar-refractivity contribution is 6.32. The number of nitrogens with zero attached hydrogens (tertiary/aromatic N) is 1. The van der Waals surface area contributed by atoms with E-state index in [0.717, 1.165) is 11.3 Å². The Bertz CT molecular complexity index is 508. The van der Waals surface area contributed by atoms with Crippen LogP contribution in [0.5, 0.6) is 5.75 Å². The number of methoxy groups -OCH3 is 1. The summed E-state index contributed by atoms with van der Waals surface area (Å²) in [6.07, 6.45) is 1.58. The van der Waals surface area contributed by atoms with Crippen LogP contribution in [0.1, 0.15) is 5.56 Å². The number of nitrogen functional groups attached to an aromatic ring is 1. The van der Waals surface area contributed by atoms with E-state index in [0.29, 0.717) is 23.1 Å². The van der Waals surface area contributed by atoms with Crippen LogP contribution in [0.2, 0.25) is 5.15 Å². The molecule has 4 nitrogen and oxygen atoms in total. The van der Waals surface area contributed by atoms with Gasteiger partial charge < -0.3 is 15.8 Å². The molecule has 0 radical (unpaired) electrons. The van der Waals surface area contributed by atoms with E-state index in [1.165, 1.54) is 0 Å². The van der Waals surface area contributed by atoms with E-state index in [2.05, 4.69) is 10.3 Å². The van der Waals surface area contributed by atoms with Gasteiger partial charge in [-0.05, 0) is 23.8 Å². The predicted molar refractivity (Wildman–Crippen MR) is 74.0 cm³/mol. The minimum absolute atomic E-state index is 0.378. The first kappa shape index (κ1) is 12.5. The normalized spacial score (nSPS) is 10.1. The Hall–Kier alpha value is -1.94. The minimum atomic E-state index is 0.378. The zero-order valence-corrected chi connectivity index (χ0v) is 10.7. The Kier molecular flexibility index (Phi) is 3.89. The molecular weight excluding hydrogens is 250 g/mol. The van der Waals surface area contributed by atoms with E-state index in [9.17, 15) is 0 Å². The number of anilines is 2. The van der Waals surface area contributed by atoms with Crippen molar-refractivity contribution >= 4 is 23.0 Å². The maximum atomic E-state index is 5.97. The molecule has 18 heavy (non-hydrogen) atoms. The van der Waals surface area contributed by atoms with E-state index < -0.39 is 0 Å². The topological polar surface area (TPSA) is 60.2 Å². The predicted octanol–water partition coefficient (Wildman–Crippen LogP) is 2.94. The average molecular weight is 264 g/mol. The van der Waals surface area contributed by atoms with Crippen molar-refractivity contribution in [3.63, 3.8) is 0 Å². The van der Waals surface area contributed by atoms with Crippen LogP contribution in [0.3, 0.4) is 0 Å². The Labute approximate surface area is 111 Å². The standard InChI is InChI=1S/C13H14ClN3O/c1-18-10-4-2-9(3-5-10)8-17-12-11(15)6-7-16-13(12)14/h2-7,17H,8H2,1H3,(H2,15,16). The van der Waals surface area contributed by atoms with Gasteiger partial charge in [0.05, 0.1) is 18.5 Å². The first-order valence-electron chi connectivity index (χ1n) is 5.47. The summed E-state index contributed by atoms with van der Waals surface area (Å²) < 4.78 is 5.10. The molecule has 0 bridgehead atoms. The van der Waals surface area contributed by atoms with Gasteiger partial charge in [0.25, 0.3) is 0 Å². The van der Waals surface area contributed by atoms with Gasteiger partial charge in [0.2, 0.25) is 0 Å². The number of nitrogens with two attached hydrogens (primary N) is 1. The first-order valence-corrected chi connectivity index (χ1v) is 5.85. The van der Waals surface area contributed by atoms with Gasteiger partial charge in [0.15, 0.2) is 5.15 Å². The molecule has 0 amide bonds. The van der Waals surface area contributed by atoms with E-state index >= 15 is 0 Å². The van der Waals surface area contributed by atoms with Crippen LogP contribution < -0.4 is 15.8 Å². The smallest absolute Gasteiger partial charge is 0.154 e. The van der Waals surface area contributed by atoms with Gasteiger partial charge in [-0.25, -0.2) is 4.98 Å². The van der Waals surface area contributed by atoms with E-state index in [1.807, 2.05) is 24.3 Å². The molecule has 5 heteroatoms. The summed E-state index contributed by atoms with van der Waals surface area (Å²) in [6.45, 7) is 0.625. The van der Waals surface area contributed by atoms with Crippen molar-refractivity contribution in [3.05, 3.63) is 47.2 Å². The highest BCUT2D eigenvalue weighted by Gasteiger charge is 2.05. The van der Waals surface area contributed by atoms with Crippen LogP contribution in [-0.4, -0.2) is 12.1 Å². The zero-order valence-electron chi connectivity index (χ0n) is 9.98. The maximum Gasteiger partial charge on any atom is 0.154 e. The van der Waals surface area contributed by atoms with Gasteiger partial charge in [-0.15, -0.1) is 0 Å². The summed E-state index contributed by atoms with van der Waals surface area (Å²) in [6, 6.07) is 9.48. The molecule has 2 aromatic rings. The third-order valence-corrected chi connectivity index (χ3v) is 2.85. The van der Waals surface area contributed by atoms with Gasteiger partial charge >= 0.3 is 0 Å². The van der Waals surface area contributed by atoms with Gasteiger partial charge in [0.1, 0.15) is 5.75 Å². The summed E-state index contributed by atoms with van der Waals surface area (Å²) in [4.78, 5) is 3.98. The zero-order chi connectivity index (χ0) is 13.0. The largest absolute Gasteiger partial charge is 0.497 e. The summed E-state index contributed by atoms with van der Waals surface area (Å²) >= 11 is 5.97. The number of pyridine rings is 1. The second kappa shape index (κ2) is 5.60. The molecule has 0 aliphatic carbocycles. The number of halogens is 1. The Morgan fingerprint density at radius 1 is 1.28 bits per heavy atom. The van der Waals surface area contributed by atoms with Crippen LogP contribution >= 0.6 is 11.6 Å². The lowest BCUT2D eigenvalue weighted by atomic mass is 10.2. The molecule has 3 N–H and O–H groups in total. The van der Waals surface area contributed by atoms with Crippen LogP contribution in [0, 0.1) is 0 Å². The molecule has 1 aromatic heterocycles. The van der Waals surface area contributed by atoms with Crippen molar-refractivity contribution in [1.82, 2.24) is 4.98 Å². The molecule has 0 saturated carbocycles. The van der Waals surface area contributed by atoms with Crippen LogP contribution in [-0.2, 0) is 6.54 Å². The van der Waals surface area contributed by atoms with E-state index in [1.54, 1.807) is 19.4 Å². The Balaban J connectivity index is 2.06. The molecule has 0 fully saturated rings. The monoisotopic (exact) mass is 263 g/mol. The first-order chi connectivity index (χ1) is 8.70. The molecule has 94 valence electrons. The SMILES string of the molecule is COc1ccc(CNc2c(N)ccnc2Cl)cc1. The molecule has 0 unspecified atom stereocenters. The van der Waals surface area contributed by atoms with Crippen LogP contribution in [0.15, 0.2) is 36.5 Å². The van der Waals surface area contributed by atoms with Crippen molar-refractivity contribution in [2.75, 3.05) is 18.2 Å². The highest BCUT2D eigenvalue weighted by Crippen LogP contribution is 2.26. The molecule has 0 spiro atoms. The summed E-state index contributed by atoms with van der Waals surface area (Å²) in [5.74, 6) is 0.831. The molecule has 0 saturated heterocycles. The van der Waals surface area contributed by atoms with Gasteiger partial charge in [-0.2, -0.15) is 0 Å². The van der Waals surface area contributed by atoms with Crippen molar-refractivity contribution in [2.45, 2.75) is 6.54 Å². The Morgan fingerprint density at radius 3 is 2.61 bits per heavy atom. The summed E-state index contributed by atoms with van der Waals surface area (Å²) in [7, 11) is 1.64. The van der Waals surface area contributed by atoms with Crippen molar-refractivity contribution < 1.29 is 4.74 Å². The lowest BCUT2D eigenvalue weighted by Gasteiger charge is -2.10. The van der Waals surface area contributed by atoms with Crippen molar-refractivity contribution in [3.8, 4) is 5.75 Å². The summed E-state index contributed by atoms with van der Waals surface area (Å²) in [5.41, 5.74) is 8.18. The van der Waals surface area contributed by atoms with Gasteiger partial charge in [0, 0.05) is 12.7 Å². The van der Waals surface area contributed by atoms with Gasteiger partial charge in [-0.3, -0.25) is 0 Å². The molecule has 1 heterocycles. The quantitative estimate of drug-likeness (QED) is 0.833. The maximum absolute atomic E-state index is 5.97. The molecule has 1 aromatic carbocycles. The molecule has 0 aliphatic heterocycles. The van der Waals surface area contributed by atoms with Crippen molar-refractivity contribution in [1.29, 1.82) is 0 Å². The second-order valence-corrected chi connectivity index (χ2v) is 4.13. The number of benzene rings is 1. The Morgan fingerprint density at radius 2 is 2.00 bits per heavy atom. The minimum Gasteiger partial charge on any atom is -0.497 e. The number of aromatic nitrogens is 1. The van der Waals surface area contributed by atoms with Gasteiger partial charge in [-0.1, -0.05) is 23.7 Å². The van der Waals surface area contributed by atoms with Crippen LogP contribution in [0.4, 0.5) is 11.4 Å².